The average molecular weight is 317 g/mol. The molecule has 122 valence electrons. The first-order valence-electron chi connectivity index (χ1n) is 7.56. The standard InChI is InChI=1S/C14H27N3O3S/c1-4-16(5-2)9-11(3)15-14(20)17-6-7-21-10-12(17)8-13(18)19/h11-12H,4-10H2,1-3H3,(H,15,20)(H,18,19). The summed E-state index contributed by atoms with van der Waals surface area (Å²) in [4.78, 5) is 27.2. The number of hydrogen-bond donors (Lipinski definition) is 2. The van der Waals surface area contributed by atoms with Gasteiger partial charge in [-0.15, -0.1) is 0 Å². The quantitative estimate of drug-likeness (QED) is 0.741. The Morgan fingerprint density at radius 3 is 2.67 bits per heavy atom. The molecular formula is C14H27N3O3S. The minimum atomic E-state index is -0.850. The van der Waals surface area contributed by atoms with Crippen LogP contribution in [0.5, 0.6) is 0 Å². The molecule has 2 atom stereocenters. The number of nitrogens with zero attached hydrogens (tertiary/aromatic N) is 2. The van der Waals surface area contributed by atoms with Crippen molar-refractivity contribution in [1.82, 2.24) is 15.1 Å². The molecular weight excluding hydrogens is 290 g/mol. The molecule has 1 fully saturated rings. The number of carbonyl (C=O) groups is 2. The van der Waals surface area contributed by atoms with Gasteiger partial charge in [-0.25, -0.2) is 4.79 Å². The molecule has 0 bridgehead atoms. The predicted octanol–water partition coefficient (Wildman–Crippen LogP) is 1.32. The first-order valence-corrected chi connectivity index (χ1v) is 8.72. The molecule has 0 aromatic heterocycles. The van der Waals surface area contributed by atoms with Gasteiger partial charge in [0, 0.05) is 30.6 Å². The van der Waals surface area contributed by atoms with E-state index in [1.165, 1.54) is 0 Å². The number of nitrogens with one attached hydrogen (secondary N) is 1. The zero-order valence-corrected chi connectivity index (χ0v) is 14.0. The van der Waals surface area contributed by atoms with E-state index in [2.05, 4.69) is 24.1 Å². The Balaban J connectivity index is 2.53. The van der Waals surface area contributed by atoms with Gasteiger partial charge >= 0.3 is 12.0 Å². The lowest BCUT2D eigenvalue weighted by Gasteiger charge is -2.35. The second kappa shape index (κ2) is 9.15. The van der Waals surface area contributed by atoms with Crippen molar-refractivity contribution in [1.29, 1.82) is 0 Å². The number of carboxylic acid groups (broad SMARTS) is 1. The second-order valence-electron chi connectivity index (χ2n) is 5.36. The zero-order valence-electron chi connectivity index (χ0n) is 13.2. The summed E-state index contributed by atoms with van der Waals surface area (Å²) >= 11 is 1.71. The Hall–Kier alpha value is -0.950. The van der Waals surface area contributed by atoms with E-state index in [1.54, 1.807) is 16.7 Å². The van der Waals surface area contributed by atoms with Crippen molar-refractivity contribution in [2.24, 2.45) is 0 Å². The van der Waals surface area contributed by atoms with Gasteiger partial charge in [0.05, 0.1) is 12.5 Å². The van der Waals surface area contributed by atoms with Gasteiger partial charge in [-0.3, -0.25) is 4.79 Å². The Kier molecular flexibility index (Phi) is 7.88. The Bertz CT molecular complexity index is 350. The van der Waals surface area contributed by atoms with E-state index in [4.69, 9.17) is 5.11 Å². The Labute approximate surface area is 131 Å². The van der Waals surface area contributed by atoms with Gasteiger partial charge in [0.25, 0.3) is 0 Å². The van der Waals surface area contributed by atoms with Crippen LogP contribution in [-0.4, -0.2) is 76.7 Å². The van der Waals surface area contributed by atoms with Gasteiger partial charge in [0.15, 0.2) is 0 Å². The number of thioether (sulfide) groups is 1. The van der Waals surface area contributed by atoms with Crippen LogP contribution in [0.1, 0.15) is 27.2 Å². The van der Waals surface area contributed by atoms with Crippen LogP contribution in [0.4, 0.5) is 4.79 Å². The summed E-state index contributed by atoms with van der Waals surface area (Å²) in [6, 6.07) is -0.291. The minimum absolute atomic E-state index is 0.0187. The van der Waals surface area contributed by atoms with Gasteiger partial charge < -0.3 is 20.2 Å². The highest BCUT2D eigenvalue weighted by molar-refractivity contribution is 7.99. The first-order chi connectivity index (χ1) is 9.97. The van der Waals surface area contributed by atoms with Crippen LogP contribution in [0, 0.1) is 0 Å². The number of urea groups is 1. The van der Waals surface area contributed by atoms with E-state index in [0.717, 1.165) is 25.4 Å². The van der Waals surface area contributed by atoms with Crippen LogP contribution in [0.15, 0.2) is 0 Å². The van der Waals surface area contributed by atoms with E-state index < -0.39 is 5.97 Å². The SMILES string of the molecule is CCN(CC)CC(C)NC(=O)N1CCSCC1CC(=O)O. The van der Waals surface area contributed by atoms with Crippen molar-refractivity contribution in [2.75, 3.05) is 37.7 Å². The molecule has 2 amide bonds. The van der Waals surface area contributed by atoms with Crippen molar-refractivity contribution in [3.63, 3.8) is 0 Å². The van der Waals surface area contributed by atoms with E-state index in [0.29, 0.717) is 12.3 Å². The van der Waals surface area contributed by atoms with Crippen LogP contribution in [0.25, 0.3) is 0 Å². The summed E-state index contributed by atoms with van der Waals surface area (Å²) in [7, 11) is 0. The molecule has 1 rings (SSSR count). The Morgan fingerprint density at radius 1 is 1.43 bits per heavy atom. The third-order valence-corrected chi connectivity index (χ3v) is 4.79. The van der Waals surface area contributed by atoms with Crippen LogP contribution >= 0.6 is 11.8 Å². The number of aliphatic carboxylic acids is 1. The topological polar surface area (TPSA) is 72.9 Å². The third kappa shape index (κ3) is 6.13. The lowest BCUT2D eigenvalue weighted by Crippen LogP contribution is -2.54. The van der Waals surface area contributed by atoms with E-state index >= 15 is 0 Å². The summed E-state index contributed by atoms with van der Waals surface area (Å²) in [5.41, 5.74) is 0. The number of rotatable bonds is 7. The van der Waals surface area contributed by atoms with Crippen molar-refractivity contribution in [3.05, 3.63) is 0 Å². The van der Waals surface area contributed by atoms with Crippen molar-refractivity contribution in [2.45, 2.75) is 39.3 Å². The monoisotopic (exact) mass is 317 g/mol. The van der Waals surface area contributed by atoms with Gasteiger partial charge in [-0.05, 0) is 20.0 Å². The fraction of sp³-hybridized carbons (Fsp3) is 0.857. The molecule has 0 aromatic carbocycles. The van der Waals surface area contributed by atoms with E-state index in [1.807, 2.05) is 6.92 Å². The normalized spacial score (nSPS) is 20.4. The minimum Gasteiger partial charge on any atom is -0.481 e. The molecule has 21 heavy (non-hydrogen) atoms. The zero-order chi connectivity index (χ0) is 15.8. The summed E-state index contributed by atoms with van der Waals surface area (Å²) in [6.45, 7) is 9.53. The molecule has 6 nitrogen and oxygen atoms in total. The molecule has 1 saturated heterocycles. The average Bonchev–Trinajstić information content (AvgIpc) is 2.44. The highest BCUT2D eigenvalue weighted by Crippen LogP contribution is 2.19. The van der Waals surface area contributed by atoms with Crippen LogP contribution in [0.3, 0.4) is 0 Å². The fourth-order valence-electron chi connectivity index (χ4n) is 2.50. The van der Waals surface area contributed by atoms with Crippen LogP contribution in [0.2, 0.25) is 0 Å². The molecule has 0 spiro atoms. The molecule has 2 unspecified atom stereocenters. The molecule has 1 aliphatic rings. The van der Waals surface area contributed by atoms with Crippen LogP contribution < -0.4 is 5.32 Å². The van der Waals surface area contributed by atoms with Crippen molar-refractivity contribution >= 4 is 23.8 Å². The summed E-state index contributed by atoms with van der Waals surface area (Å²) in [6.07, 6.45) is 0.0187. The second-order valence-corrected chi connectivity index (χ2v) is 6.51. The predicted molar refractivity (Wildman–Crippen MR) is 85.9 cm³/mol. The van der Waals surface area contributed by atoms with Crippen molar-refractivity contribution < 1.29 is 14.7 Å². The van der Waals surface area contributed by atoms with Gasteiger partial charge in [-0.1, -0.05) is 13.8 Å². The van der Waals surface area contributed by atoms with Crippen LogP contribution in [-0.2, 0) is 4.79 Å². The van der Waals surface area contributed by atoms with E-state index in [9.17, 15) is 9.59 Å². The number of carboxylic acids is 1. The molecule has 0 aromatic rings. The molecule has 1 aliphatic heterocycles. The fourth-order valence-corrected chi connectivity index (χ4v) is 3.56. The lowest BCUT2D eigenvalue weighted by molar-refractivity contribution is -0.138. The number of amides is 2. The maximum absolute atomic E-state index is 12.4. The molecule has 0 aliphatic carbocycles. The Morgan fingerprint density at radius 2 is 2.10 bits per heavy atom. The molecule has 0 radical (unpaired) electrons. The number of carbonyl (C=O) groups excluding carboxylic acids is 1. The summed E-state index contributed by atoms with van der Waals surface area (Å²) in [5.74, 6) is 0.717. The van der Waals surface area contributed by atoms with Gasteiger partial charge in [0.1, 0.15) is 0 Å². The first kappa shape index (κ1) is 18.1. The van der Waals surface area contributed by atoms with Gasteiger partial charge in [-0.2, -0.15) is 11.8 Å². The maximum Gasteiger partial charge on any atom is 0.317 e. The van der Waals surface area contributed by atoms with Gasteiger partial charge in [0.2, 0.25) is 0 Å². The lowest BCUT2D eigenvalue weighted by atomic mass is 10.2. The molecule has 7 heteroatoms. The number of hydrogen-bond acceptors (Lipinski definition) is 4. The van der Waals surface area contributed by atoms with E-state index in [-0.39, 0.29) is 24.5 Å². The summed E-state index contributed by atoms with van der Waals surface area (Å²) in [5, 5.41) is 12.0. The highest BCUT2D eigenvalue weighted by Gasteiger charge is 2.29. The number of likely N-dealkylation sites (N-methyl/N-ethyl adjacent to an activating group) is 1. The summed E-state index contributed by atoms with van der Waals surface area (Å²) < 4.78 is 0. The molecule has 0 saturated carbocycles. The van der Waals surface area contributed by atoms with Crippen molar-refractivity contribution in [3.8, 4) is 0 Å². The smallest absolute Gasteiger partial charge is 0.317 e. The molecule has 2 N–H and O–H groups in total. The maximum atomic E-state index is 12.4. The largest absolute Gasteiger partial charge is 0.481 e. The molecule has 1 heterocycles. The highest BCUT2D eigenvalue weighted by atomic mass is 32.2. The third-order valence-electron chi connectivity index (χ3n) is 3.70.